The van der Waals surface area contributed by atoms with Crippen molar-refractivity contribution >= 4 is 23.4 Å². The summed E-state index contributed by atoms with van der Waals surface area (Å²) in [6.07, 6.45) is 1.88. The number of anilines is 2. The van der Waals surface area contributed by atoms with Gasteiger partial charge in [0, 0.05) is 38.4 Å². The molecular weight excluding hydrogens is 388 g/mol. The van der Waals surface area contributed by atoms with Crippen molar-refractivity contribution in [1.82, 2.24) is 4.90 Å². The van der Waals surface area contributed by atoms with E-state index in [4.69, 9.17) is 9.47 Å². The van der Waals surface area contributed by atoms with E-state index >= 15 is 0 Å². The quantitative estimate of drug-likeness (QED) is 0.395. The highest BCUT2D eigenvalue weighted by atomic mass is 16.6. The Morgan fingerprint density at radius 1 is 1.17 bits per heavy atom. The van der Waals surface area contributed by atoms with Crippen LogP contribution in [0.25, 0.3) is 0 Å². The van der Waals surface area contributed by atoms with Gasteiger partial charge in [-0.25, -0.2) is 4.79 Å². The van der Waals surface area contributed by atoms with Crippen LogP contribution in [0.1, 0.15) is 27.2 Å². The van der Waals surface area contributed by atoms with Crippen LogP contribution in [0.5, 0.6) is 5.75 Å². The number of amides is 1. The van der Waals surface area contributed by atoms with Crippen LogP contribution in [0.4, 0.5) is 16.2 Å². The van der Waals surface area contributed by atoms with Crippen LogP contribution in [0, 0.1) is 11.5 Å². The number of ether oxygens (including phenoxy) is 3. The summed E-state index contributed by atoms with van der Waals surface area (Å²) in [5.74, 6) is 0.154. The van der Waals surface area contributed by atoms with Crippen molar-refractivity contribution in [3.63, 3.8) is 0 Å². The Morgan fingerprint density at radius 3 is 2.37 bits per heavy atom. The van der Waals surface area contributed by atoms with Crippen LogP contribution in [-0.2, 0) is 14.3 Å². The summed E-state index contributed by atoms with van der Waals surface area (Å²) in [6.45, 7) is 8.10. The summed E-state index contributed by atoms with van der Waals surface area (Å²) in [5, 5.41) is 9.57. The number of nitriles is 1. The smallest absolute Gasteiger partial charge is 0.410 e. The van der Waals surface area contributed by atoms with Gasteiger partial charge in [-0.05, 0) is 39.0 Å². The van der Waals surface area contributed by atoms with Crippen LogP contribution in [0.15, 0.2) is 18.2 Å². The highest BCUT2D eigenvalue weighted by Gasteiger charge is 2.26. The third-order valence-electron chi connectivity index (χ3n) is 4.64. The largest absolute Gasteiger partial charge is 0.495 e. The lowest BCUT2D eigenvalue weighted by Gasteiger charge is -2.37. The van der Waals surface area contributed by atoms with Gasteiger partial charge in [0.05, 0.1) is 26.3 Å². The fourth-order valence-corrected chi connectivity index (χ4v) is 3.09. The van der Waals surface area contributed by atoms with E-state index in [1.165, 1.54) is 19.1 Å². The summed E-state index contributed by atoms with van der Waals surface area (Å²) in [4.78, 5) is 29.0. The third kappa shape index (κ3) is 6.17. The average Bonchev–Trinajstić information content (AvgIpc) is 2.72. The van der Waals surface area contributed by atoms with E-state index in [1.807, 2.05) is 32.9 Å². The Labute approximate surface area is 177 Å². The summed E-state index contributed by atoms with van der Waals surface area (Å²) in [6, 6.07) is 5.58. The van der Waals surface area contributed by atoms with Crippen LogP contribution < -0.4 is 14.5 Å². The molecule has 1 aromatic carbocycles. The van der Waals surface area contributed by atoms with E-state index in [0.717, 1.165) is 5.69 Å². The lowest BCUT2D eigenvalue weighted by molar-refractivity contribution is -0.140. The molecule has 0 atom stereocenters. The molecule has 1 aliphatic rings. The van der Waals surface area contributed by atoms with Gasteiger partial charge in [0.25, 0.3) is 0 Å². The number of piperazine rings is 1. The zero-order valence-corrected chi connectivity index (χ0v) is 18.3. The van der Waals surface area contributed by atoms with Gasteiger partial charge < -0.3 is 24.0 Å². The summed E-state index contributed by atoms with van der Waals surface area (Å²) in [7, 11) is 2.85. The molecule has 1 heterocycles. The molecule has 0 unspecified atom stereocenters. The number of hydrogen-bond acceptors (Lipinski definition) is 8. The predicted octanol–water partition coefficient (Wildman–Crippen LogP) is 2.60. The molecule has 0 aliphatic carbocycles. The van der Waals surface area contributed by atoms with Gasteiger partial charge in [0.15, 0.2) is 6.19 Å². The molecule has 1 fully saturated rings. The molecule has 0 spiro atoms. The number of carbonyl (C=O) groups excluding carboxylic acids is 2. The monoisotopic (exact) mass is 418 g/mol. The Bertz CT molecular complexity index is 792. The van der Waals surface area contributed by atoms with Crippen molar-refractivity contribution < 1.29 is 23.8 Å². The Morgan fingerprint density at radius 2 is 1.83 bits per heavy atom. The summed E-state index contributed by atoms with van der Waals surface area (Å²) >= 11 is 0. The molecule has 1 saturated heterocycles. The van der Waals surface area contributed by atoms with Gasteiger partial charge in [0.2, 0.25) is 0 Å². The van der Waals surface area contributed by atoms with Gasteiger partial charge in [-0.2, -0.15) is 5.26 Å². The van der Waals surface area contributed by atoms with E-state index < -0.39 is 5.60 Å². The van der Waals surface area contributed by atoms with E-state index in [1.54, 1.807) is 11.0 Å². The fraction of sp³-hybridized carbons (Fsp3) is 0.571. The fourth-order valence-electron chi connectivity index (χ4n) is 3.09. The highest BCUT2D eigenvalue weighted by molar-refractivity contribution is 5.73. The first-order valence-electron chi connectivity index (χ1n) is 9.83. The molecule has 0 saturated carbocycles. The van der Waals surface area contributed by atoms with Crippen LogP contribution in [0.3, 0.4) is 0 Å². The number of rotatable bonds is 6. The molecule has 9 heteroatoms. The van der Waals surface area contributed by atoms with E-state index in [0.29, 0.717) is 37.6 Å². The minimum Gasteiger partial charge on any atom is -0.495 e. The molecular formula is C21H30N4O5. The van der Waals surface area contributed by atoms with E-state index in [-0.39, 0.29) is 25.0 Å². The minimum absolute atomic E-state index is 0.0893. The second-order valence-corrected chi connectivity index (χ2v) is 7.89. The molecule has 1 amide bonds. The summed E-state index contributed by atoms with van der Waals surface area (Å²) < 4.78 is 15.5. The number of methoxy groups -OCH3 is 2. The molecule has 30 heavy (non-hydrogen) atoms. The molecule has 0 radical (unpaired) electrons. The second-order valence-electron chi connectivity index (χ2n) is 7.89. The maximum atomic E-state index is 12.3. The van der Waals surface area contributed by atoms with Gasteiger partial charge in [0.1, 0.15) is 11.4 Å². The third-order valence-corrected chi connectivity index (χ3v) is 4.64. The maximum Gasteiger partial charge on any atom is 0.410 e. The number of esters is 1. The lowest BCUT2D eigenvalue weighted by atomic mass is 10.2. The predicted molar refractivity (Wildman–Crippen MR) is 113 cm³/mol. The standard InChI is InChI=1S/C21H30N4O5/c1-21(2,3)30-20(27)24-12-10-23(11-13-24)16-6-7-18(28-4)17(14-16)25(15-22)9-8-19(26)29-5/h6-7,14H,8-13H2,1-5H3. The lowest BCUT2D eigenvalue weighted by Crippen LogP contribution is -2.50. The molecule has 2 rings (SSSR count). The minimum atomic E-state index is -0.524. The first-order chi connectivity index (χ1) is 14.2. The molecule has 0 aromatic heterocycles. The zero-order valence-electron chi connectivity index (χ0n) is 18.3. The molecule has 0 bridgehead atoms. The van der Waals surface area contributed by atoms with Crippen LogP contribution >= 0.6 is 0 Å². The molecule has 164 valence electrons. The maximum absolute atomic E-state index is 12.3. The van der Waals surface area contributed by atoms with Gasteiger partial charge in [-0.3, -0.25) is 9.69 Å². The van der Waals surface area contributed by atoms with Crippen molar-refractivity contribution in [3.8, 4) is 11.9 Å². The van der Waals surface area contributed by atoms with E-state index in [2.05, 4.69) is 15.8 Å². The number of hydrogen-bond donors (Lipinski definition) is 0. The Hall–Kier alpha value is -3.15. The van der Waals surface area contributed by atoms with Crippen molar-refractivity contribution in [1.29, 1.82) is 5.26 Å². The second kappa shape index (κ2) is 10.1. The zero-order chi connectivity index (χ0) is 22.3. The molecule has 0 N–H and O–H groups in total. The van der Waals surface area contributed by atoms with Gasteiger partial charge >= 0.3 is 12.1 Å². The average molecular weight is 418 g/mol. The first kappa shape index (κ1) is 23.1. The highest BCUT2D eigenvalue weighted by Crippen LogP contribution is 2.33. The molecule has 1 aliphatic heterocycles. The Kier molecular flexibility index (Phi) is 7.75. The summed E-state index contributed by atoms with van der Waals surface area (Å²) in [5.41, 5.74) is 0.966. The SMILES string of the molecule is COC(=O)CCN(C#N)c1cc(N2CCN(C(=O)OC(C)(C)C)CC2)ccc1OC. The number of benzene rings is 1. The van der Waals surface area contributed by atoms with Crippen molar-refractivity contribution in [2.75, 3.05) is 56.7 Å². The number of nitrogens with zero attached hydrogens (tertiary/aromatic N) is 4. The van der Waals surface area contributed by atoms with Crippen molar-refractivity contribution in [2.45, 2.75) is 32.8 Å². The van der Waals surface area contributed by atoms with Crippen molar-refractivity contribution in [3.05, 3.63) is 18.2 Å². The normalized spacial score (nSPS) is 14.0. The molecule has 1 aromatic rings. The van der Waals surface area contributed by atoms with E-state index in [9.17, 15) is 14.9 Å². The topological polar surface area (TPSA) is 95.3 Å². The van der Waals surface area contributed by atoms with Crippen LogP contribution in [0.2, 0.25) is 0 Å². The van der Waals surface area contributed by atoms with Crippen LogP contribution in [-0.4, -0.2) is 69.5 Å². The Balaban J connectivity index is 2.10. The van der Waals surface area contributed by atoms with Crippen molar-refractivity contribution in [2.24, 2.45) is 0 Å². The molecule has 9 nitrogen and oxygen atoms in total. The number of carbonyl (C=O) groups is 2. The van der Waals surface area contributed by atoms with Gasteiger partial charge in [-0.1, -0.05) is 0 Å². The first-order valence-corrected chi connectivity index (χ1v) is 9.83. The van der Waals surface area contributed by atoms with Gasteiger partial charge in [-0.15, -0.1) is 0 Å².